The van der Waals surface area contributed by atoms with Crippen LogP contribution >= 0.6 is 0 Å². The molecule has 6 nitrogen and oxygen atoms in total. The zero-order valence-corrected chi connectivity index (χ0v) is 9.06. The second kappa shape index (κ2) is 4.52. The smallest absolute Gasteiger partial charge is 0.330 e. The van der Waals surface area contributed by atoms with Crippen molar-refractivity contribution in [2.75, 3.05) is 13.2 Å². The van der Waals surface area contributed by atoms with Crippen molar-refractivity contribution in [3.8, 4) is 5.75 Å². The lowest BCUT2D eigenvalue weighted by Crippen LogP contribution is -2.32. The molecule has 88 valence electrons. The molecule has 0 spiro atoms. The molecule has 1 fully saturated rings. The molecule has 1 unspecified atom stereocenters. The Morgan fingerprint density at radius 1 is 1.62 bits per heavy atom. The molecule has 1 aromatic rings. The van der Waals surface area contributed by atoms with E-state index in [9.17, 15) is 9.59 Å². The summed E-state index contributed by atoms with van der Waals surface area (Å²) in [5, 5.41) is 0. The third kappa shape index (κ3) is 2.01. The minimum absolute atomic E-state index is 0.151. The van der Waals surface area contributed by atoms with Crippen LogP contribution in [-0.4, -0.2) is 22.8 Å². The Balaban J connectivity index is 2.40. The Labute approximate surface area is 91.8 Å². The highest BCUT2D eigenvalue weighted by Gasteiger charge is 2.19. The second-order valence-electron chi connectivity index (χ2n) is 3.56. The molecule has 6 heteroatoms. The van der Waals surface area contributed by atoms with Crippen LogP contribution < -0.4 is 16.0 Å². The van der Waals surface area contributed by atoms with Crippen LogP contribution in [0.3, 0.4) is 0 Å². The van der Waals surface area contributed by atoms with E-state index < -0.39 is 11.2 Å². The Hall–Kier alpha value is -1.56. The van der Waals surface area contributed by atoms with Crippen molar-refractivity contribution in [1.29, 1.82) is 0 Å². The van der Waals surface area contributed by atoms with Crippen LogP contribution in [0.1, 0.15) is 26.0 Å². The number of aromatic amines is 1. The number of aromatic nitrogens is 2. The lowest BCUT2D eigenvalue weighted by atomic mass is 10.3. The van der Waals surface area contributed by atoms with Crippen molar-refractivity contribution in [2.24, 2.45) is 0 Å². The molecule has 0 amide bonds. The average Bonchev–Trinajstić information content (AvgIpc) is 2.75. The molecule has 0 bridgehead atoms. The Kier molecular flexibility index (Phi) is 3.09. The summed E-state index contributed by atoms with van der Waals surface area (Å²) in [6.45, 7) is 2.80. The summed E-state index contributed by atoms with van der Waals surface area (Å²) < 4.78 is 11.9. The van der Waals surface area contributed by atoms with E-state index in [1.165, 1.54) is 10.8 Å². The van der Waals surface area contributed by atoms with Gasteiger partial charge in [-0.1, -0.05) is 0 Å². The van der Waals surface area contributed by atoms with Gasteiger partial charge in [-0.3, -0.25) is 14.3 Å². The standard InChI is InChI=1S/C10H14N2O4/c1-2-15-7-6-12(8-4-3-5-16-8)10(14)11-9(7)13/h6,8H,2-5H2,1H3,(H,11,13,14). The quantitative estimate of drug-likeness (QED) is 0.801. The van der Waals surface area contributed by atoms with E-state index in [0.717, 1.165) is 12.8 Å². The lowest BCUT2D eigenvalue weighted by Gasteiger charge is -2.13. The molecule has 0 aromatic carbocycles. The fourth-order valence-electron chi connectivity index (χ4n) is 1.72. The molecule has 1 aromatic heterocycles. The highest BCUT2D eigenvalue weighted by molar-refractivity contribution is 5.12. The maximum absolute atomic E-state index is 11.6. The number of nitrogens with one attached hydrogen (secondary N) is 1. The maximum Gasteiger partial charge on any atom is 0.330 e. The van der Waals surface area contributed by atoms with E-state index in [0.29, 0.717) is 13.2 Å². The SMILES string of the molecule is CCOc1cn(C2CCCO2)c(=O)[nH]c1=O. The van der Waals surface area contributed by atoms with E-state index in [1.54, 1.807) is 6.92 Å². The van der Waals surface area contributed by atoms with Gasteiger partial charge in [-0.2, -0.15) is 0 Å². The minimum Gasteiger partial charge on any atom is -0.487 e. The number of nitrogens with zero attached hydrogens (tertiary/aromatic N) is 1. The van der Waals surface area contributed by atoms with Crippen molar-refractivity contribution < 1.29 is 9.47 Å². The zero-order valence-electron chi connectivity index (χ0n) is 9.06. The van der Waals surface area contributed by atoms with Crippen LogP contribution in [0.2, 0.25) is 0 Å². The molecule has 1 aliphatic heterocycles. The molecule has 0 radical (unpaired) electrons. The molecule has 1 atom stereocenters. The molecule has 1 aliphatic rings. The third-order valence-electron chi connectivity index (χ3n) is 2.45. The van der Waals surface area contributed by atoms with Crippen LogP contribution in [-0.2, 0) is 4.74 Å². The lowest BCUT2D eigenvalue weighted by molar-refractivity contribution is 0.0518. The molecule has 1 saturated heterocycles. The first-order valence-corrected chi connectivity index (χ1v) is 5.32. The summed E-state index contributed by atoms with van der Waals surface area (Å²) >= 11 is 0. The monoisotopic (exact) mass is 226 g/mol. The minimum atomic E-state index is -0.499. The molecule has 1 N–H and O–H groups in total. The van der Waals surface area contributed by atoms with E-state index in [4.69, 9.17) is 9.47 Å². The summed E-state index contributed by atoms with van der Waals surface area (Å²) in [6, 6.07) is 0. The van der Waals surface area contributed by atoms with Crippen LogP contribution in [0.25, 0.3) is 0 Å². The van der Waals surface area contributed by atoms with E-state index in [1.807, 2.05) is 0 Å². The second-order valence-corrected chi connectivity index (χ2v) is 3.56. The average molecular weight is 226 g/mol. The normalized spacial score (nSPS) is 19.9. The number of ether oxygens (including phenoxy) is 2. The summed E-state index contributed by atoms with van der Waals surface area (Å²) in [4.78, 5) is 25.1. The van der Waals surface area contributed by atoms with Gasteiger partial charge in [0.25, 0.3) is 5.56 Å². The fourth-order valence-corrected chi connectivity index (χ4v) is 1.72. The van der Waals surface area contributed by atoms with Gasteiger partial charge in [-0.15, -0.1) is 0 Å². The highest BCUT2D eigenvalue weighted by Crippen LogP contribution is 2.21. The number of H-pyrrole nitrogens is 1. The number of hydrogen-bond donors (Lipinski definition) is 1. The van der Waals surface area contributed by atoms with Gasteiger partial charge in [0.15, 0.2) is 0 Å². The number of rotatable bonds is 3. The maximum atomic E-state index is 11.6. The van der Waals surface area contributed by atoms with Gasteiger partial charge in [0.2, 0.25) is 5.75 Å². The van der Waals surface area contributed by atoms with Crippen molar-refractivity contribution in [3.63, 3.8) is 0 Å². The first kappa shape index (κ1) is 10.9. The molecule has 2 heterocycles. The molecular formula is C10H14N2O4. The summed E-state index contributed by atoms with van der Waals surface area (Å²) in [5.41, 5.74) is -0.957. The van der Waals surface area contributed by atoms with Crippen LogP contribution in [0, 0.1) is 0 Å². The van der Waals surface area contributed by atoms with Crippen molar-refractivity contribution in [1.82, 2.24) is 9.55 Å². The van der Waals surface area contributed by atoms with Gasteiger partial charge >= 0.3 is 5.69 Å². The van der Waals surface area contributed by atoms with Gasteiger partial charge in [0, 0.05) is 6.61 Å². The van der Waals surface area contributed by atoms with Gasteiger partial charge in [0.1, 0.15) is 6.23 Å². The first-order chi connectivity index (χ1) is 7.72. The predicted octanol–water partition coefficient (Wildman–Crippen LogP) is 0.244. The summed E-state index contributed by atoms with van der Waals surface area (Å²) in [5.74, 6) is 0.151. The molecule has 0 aliphatic carbocycles. The van der Waals surface area contributed by atoms with Gasteiger partial charge in [-0.05, 0) is 19.8 Å². The van der Waals surface area contributed by atoms with Gasteiger partial charge < -0.3 is 9.47 Å². The molecule has 0 saturated carbocycles. The third-order valence-corrected chi connectivity index (χ3v) is 2.45. The Bertz CT molecular complexity index is 470. The zero-order chi connectivity index (χ0) is 11.5. The van der Waals surface area contributed by atoms with Gasteiger partial charge in [-0.25, -0.2) is 4.79 Å². The molecule has 2 rings (SSSR count). The van der Waals surface area contributed by atoms with Crippen molar-refractivity contribution >= 4 is 0 Å². The van der Waals surface area contributed by atoms with Crippen molar-refractivity contribution in [3.05, 3.63) is 27.0 Å². The fraction of sp³-hybridized carbons (Fsp3) is 0.600. The highest BCUT2D eigenvalue weighted by atomic mass is 16.5. The summed E-state index contributed by atoms with van der Waals surface area (Å²) in [7, 11) is 0. The first-order valence-electron chi connectivity index (χ1n) is 5.32. The van der Waals surface area contributed by atoms with E-state index in [-0.39, 0.29) is 12.0 Å². The Morgan fingerprint density at radius 2 is 2.44 bits per heavy atom. The largest absolute Gasteiger partial charge is 0.487 e. The van der Waals surface area contributed by atoms with Crippen LogP contribution in [0.4, 0.5) is 0 Å². The van der Waals surface area contributed by atoms with Crippen LogP contribution in [0.5, 0.6) is 5.75 Å². The Morgan fingerprint density at radius 3 is 3.06 bits per heavy atom. The summed E-state index contributed by atoms with van der Waals surface area (Å²) in [6.07, 6.45) is 2.82. The van der Waals surface area contributed by atoms with E-state index in [2.05, 4.69) is 4.98 Å². The topological polar surface area (TPSA) is 73.3 Å². The molecule has 16 heavy (non-hydrogen) atoms. The number of hydrogen-bond acceptors (Lipinski definition) is 4. The van der Waals surface area contributed by atoms with E-state index >= 15 is 0 Å². The van der Waals surface area contributed by atoms with Gasteiger partial charge in [0.05, 0.1) is 12.8 Å². The van der Waals surface area contributed by atoms with Crippen LogP contribution in [0.15, 0.2) is 15.8 Å². The molecular weight excluding hydrogens is 212 g/mol. The predicted molar refractivity (Wildman–Crippen MR) is 56.7 cm³/mol. The van der Waals surface area contributed by atoms with Crippen molar-refractivity contribution in [2.45, 2.75) is 26.0 Å².